The van der Waals surface area contributed by atoms with Crippen LogP contribution in [0.5, 0.6) is 0 Å². The van der Waals surface area contributed by atoms with E-state index in [0.717, 1.165) is 31.0 Å². The van der Waals surface area contributed by atoms with Crippen molar-refractivity contribution in [3.05, 3.63) is 48.2 Å². The molecule has 2 N–H and O–H groups in total. The minimum atomic E-state index is -2.99. The van der Waals surface area contributed by atoms with E-state index in [1.54, 1.807) is 18.2 Å². The number of nitrogens with one attached hydrogen (secondary N) is 1. The van der Waals surface area contributed by atoms with Crippen LogP contribution in [0.15, 0.2) is 42.6 Å². The van der Waals surface area contributed by atoms with Gasteiger partial charge in [-0.05, 0) is 19.1 Å². The Morgan fingerprint density at radius 2 is 1.88 bits per heavy atom. The van der Waals surface area contributed by atoms with Crippen LogP contribution in [0.3, 0.4) is 0 Å². The predicted molar refractivity (Wildman–Crippen MR) is 106 cm³/mol. The van der Waals surface area contributed by atoms with Crippen LogP contribution in [0, 0.1) is 0 Å². The first-order valence-corrected chi connectivity index (χ1v) is 9.86. The van der Waals surface area contributed by atoms with E-state index in [0.29, 0.717) is 0 Å². The average Bonchev–Trinajstić information content (AvgIpc) is 2.94. The van der Waals surface area contributed by atoms with Crippen molar-refractivity contribution in [3.8, 4) is 0 Å². The van der Waals surface area contributed by atoms with Crippen molar-refractivity contribution >= 4 is 23.8 Å². The van der Waals surface area contributed by atoms with E-state index in [1.807, 2.05) is 0 Å². The molecule has 11 nitrogen and oxygen atoms in total. The molecule has 1 amide bonds. The molecule has 0 spiro atoms. The largest absolute Gasteiger partial charge is 0.456 e. The minimum Gasteiger partial charge on any atom is -0.456 e. The second kappa shape index (κ2) is 9.16. The fraction of sp³-hybridized carbons (Fsp3) is 0.429. The Balaban J connectivity index is 1.96. The molecule has 178 valence electrons. The van der Waals surface area contributed by atoms with E-state index in [1.165, 1.54) is 19.1 Å². The average molecular weight is 466 g/mol. The van der Waals surface area contributed by atoms with Crippen LogP contribution in [-0.4, -0.2) is 70.6 Å². The van der Waals surface area contributed by atoms with Crippen LogP contribution >= 0.6 is 0 Å². The number of rotatable bonds is 6. The Bertz CT molecular complexity index is 972. The van der Waals surface area contributed by atoms with E-state index in [4.69, 9.17) is 18.9 Å². The van der Waals surface area contributed by atoms with Crippen molar-refractivity contribution in [2.45, 2.75) is 50.9 Å². The van der Waals surface area contributed by atoms with Crippen LogP contribution in [0.2, 0.25) is 0 Å². The molecule has 12 heteroatoms. The zero-order valence-electron chi connectivity index (χ0n) is 18.0. The zero-order chi connectivity index (χ0) is 24.4. The number of esters is 3. The van der Waals surface area contributed by atoms with E-state index in [9.17, 15) is 24.3 Å². The summed E-state index contributed by atoms with van der Waals surface area (Å²) in [5.74, 6) is -6.29. The molecule has 33 heavy (non-hydrogen) atoms. The molecule has 5 atom stereocenters. The summed E-state index contributed by atoms with van der Waals surface area (Å²) in [6, 6.07) is 7.75. The number of benzene rings is 1. The van der Waals surface area contributed by atoms with Crippen molar-refractivity contribution in [3.63, 3.8) is 0 Å². The topological polar surface area (TPSA) is 141 Å². The summed E-state index contributed by atoms with van der Waals surface area (Å²) >= 11 is 0. The predicted octanol–water partition coefficient (Wildman–Crippen LogP) is 0.340. The summed E-state index contributed by atoms with van der Waals surface area (Å²) in [7, 11) is 0. The minimum absolute atomic E-state index is 0.138. The monoisotopic (exact) mass is 466 g/mol. The number of carbonyl (C=O) groups is 4. The maximum Gasteiger partial charge on any atom is 0.338 e. The van der Waals surface area contributed by atoms with Gasteiger partial charge in [-0.3, -0.25) is 14.4 Å². The molecule has 0 bridgehead atoms. The third kappa shape index (κ3) is 4.96. The summed E-state index contributed by atoms with van der Waals surface area (Å²) in [4.78, 5) is 48.5. The van der Waals surface area contributed by atoms with Gasteiger partial charge in [0.2, 0.25) is 18.4 Å². The van der Waals surface area contributed by atoms with E-state index >= 15 is 4.39 Å². The Labute approximate surface area is 188 Å². The molecule has 1 aromatic carbocycles. The van der Waals surface area contributed by atoms with Crippen LogP contribution in [0.1, 0.15) is 31.1 Å². The first-order valence-electron chi connectivity index (χ1n) is 9.86. The lowest BCUT2D eigenvalue weighted by Gasteiger charge is -2.41. The Morgan fingerprint density at radius 3 is 2.45 bits per heavy atom. The highest BCUT2D eigenvalue weighted by Gasteiger charge is 2.70. The van der Waals surface area contributed by atoms with Gasteiger partial charge in [0.15, 0.2) is 18.4 Å². The van der Waals surface area contributed by atoms with Crippen LogP contribution in [0.25, 0.3) is 0 Å². The Morgan fingerprint density at radius 1 is 1.21 bits per heavy atom. The van der Waals surface area contributed by atoms with Gasteiger partial charge in [0.1, 0.15) is 0 Å². The molecule has 2 heterocycles. The van der Waals surface area contributed by atoms with Crippen molar-refractivity contribution in [1.82, 2.24) is 10.2 Å². The first kappa shape index (κ1) is 24.1. The van der Waals surface area contributed by atoms with E-state index in [-0.39, 0.29) is 5.56 Å². The van der Waals surface area contributed by atoms with Crippen LogP contribution < -0.4 is 5.32 Å². The van der Waals surface area contributed by atoms with Crippen molar-refractivity contribution in [2.75, 3.05) is 6.61 Å². The maximum absolute atomic E-state index is 16.2. The molecular weight excluding hydrogens is 443 g/mol. The Kier molecular flexibility index (Phi) is 6.70. The number of amides is 1. The normalized spacial score (nSPS) is 31.0. The summed E-state index contributed by atoms with van der Waals surface area (Å²) in [6.07, 6.45) is -3.06. The summed E-state index contributed by atoms with van der Waals surface area (Å²) in [6.45, 7) is 2.24. The number of hydrogen-bond donors (Lipinski definition) is 2. The molecule has 1 fully saturated rings. The van der Waals surface area contributed by atoms with Gasteiger partial charge >= 0.3 is 17.9 Å². The number of aliphatic hydroxyl groups is 1. The molecule has 2 aliphatic heterocycles. The van der Waals surface area contributed by atoms with E-state index in [2.05, 4.69) is 5.32 Å². The van der Waals surface area contributed by atoms with E-state index < -0.39 is 60.6 Å². The van der Waals surface area contributed by atoms with Gasteiger partial charge in [0, 0.05) is 26.1 Å². The number of carbonyl (C=O) groups excluding carboxylic acids is 4. The molecule has 0 aliphatic carbocycles. The maximum atomic E-state index is 16.2. The molecule has 2 aliphatic rings. The van der Waals surface area contributed by atoms with Gasteiger partial charge in [0.05, 0.1) is 5.56 Å². The SMILES string of the molecule is CC(=O)O[C@H]1[C@@](C)(OC(C)=O)[C@H](N2C=CC(=O)NC2O)O[C@]1(F)COC(=O)c1ccccc1. The smallest absolute Gasteiger partial charge is 0.338 e. The number of aliphatic hydroxyl groups excluding tert-OH is 1. The molecular formula is C21H23FN2O9. The fourth-order valence-electron chi connectivity index (χ4n) is 3.69. The molecule has 1 unspecified atom stereocenters. The highest BCUT2D eigenvalue weighted by molar-refractivity contribution is 5.89. The summed E-state index contributed by atoms with van der Waals surface area (Å²) in [5, 5.41) is 12.4. The molecule has 1 saturated heterocycles. The van der Waals surface area contributed by atoms with Crippen molar-refractivity contribution < 1.29 is 47.6 Å². The van der Waals surface area contributed by atoms with Gasteiger partial charge < -0.3 is 34.3 Å². The van der Waals surface area contributed by atoms with Crippen molar-refractivity contribution in [2.24, 2.45) is 0 Å². The van der Waals surface area contributed by atoms with Crippen LogP contribution in [-0.2, 0) is 33.3 Å². The highest BCUT2D eigenvalue weighted by Crippen LogP contribution is 2.46. The number of ether oxygens (including phenoxy) is 4. The lowest BCUT2D eigenvalue weighted by Crippen LogP contribution is -2.61. The van der Waals surface area contributed by atoms with Gasteiger partial charge in [-0.15, -0.1) is 0 Å². The Hall–Kier alpha value is -3.51. The lowest BCUT2D eigenvalue weighted by molar-refractivity contribution is -0.232. The lowest BCUT2D eigenvalue weighted by atomic mass is 9.93. The summed E-state index contributed by atoms with van der Waals surface area (Å²) < 4.78 is 37.2. The number of alkyl halides is 1. The van der Waals surface area contributed by atoms with Gasteiger partial charge in [-0.2, -0.15) is 0 Å². The first-order chi connectivity index (χ1) is 15.5. The molecule has 3 rings (SSSR count). The third-order valence-corrected chi connectivity index (χ3v) is 4.99. The standard InChI is InChI=1S/C21H23FN2O9/c1-12(25)31-17-20(3,32-13(2)26)18(24-10-9-15(27)23-19(24)29)33-21(17,22)11-30-16(28)14-7-5-4-6-8-14/h4-10,17-19,29H,11H2,1-3H3,(H,23,27)/t17-,18+,19?,20+,21+/m0/s1. The summed E-state index contributed by atoms with van der Waals surface area (Å²) in [5.41, 5.74) is -1.89. The highest BCUT2D eigenvalue weighted by atomic mass is 19.2. The van der Waals surface area contributed by atoms with Crippen LogP contribution in [0.4, 0.5) is 4.39 Å². The van der Waals surface area contributed by atoms with Gasteiger partial charge in [-0.1, -0.05) is 18.2 Å². The zero-order valence-corrected chi connectivity index (χ0v) is 18.0. The molecule has 0 aromatic heterocycles. The number of hydrogen-bond acceptors (Lipinski definition) is 10. The second-order valence-electron chi connectivity index (χ2n) is 7.61. The number of halogens is 1. The second-order valence-corrected chi connectivity index (χ2v) is 7.61. The molecule has 1 aromatic rings. The quantitative estimate of drug-likeness (QED) is 0.445. The van der Waals surface area contributed by atoms with Gasteiger partial charge in [-0.25, -0.2) is 9.18 Å². The van der Waals surface area contributed by atoms with Crippen molar-refractivity contribution in [1.29, 1.82) is 0 Å². The fourth-order valence-corrected chi connectivity index (χ4v) is 3.69. The molecule has 0 saturated carbocycles. The molecule has 0 radical (unpaired) electrons. The number of nitrogens with zero attached hydrogens (tertiary/aromatic N) is 1. The third-order valence-electron chi connectivity index (χ3n) is 4.99. The van der Waals surface area contributed by atoms with Gasteiger partial charge in [0.25, 0.3) is 5.85 Å².